The normalized spacial score (nSPS) is 12.9. The molecule has 0 aliphatic carbocycles. The molecule has 4 heteroatoms. The van der Waals surface area contributed by atoms with Gasteiger partial charge in [-0.3, -0.25) is 0 Å². The molecule has 0 aromatic carbocycles. The summed E-state index contributed by atoms with van der Waals surface area (Å²) in [5.41, 5.74) is 0. The first kappa shape index (κ1) is 18.6. The van der Waals surface area contributed by atoms with Gasteiger partial charge in [0.05, 0.1) is 10.4 Å². The molecule has 106 valence electrons. The first-order chi connectivity index (χ1) is 8.70. The van der Waals surface area contributed by atoms with E-state index in [0.29, 0.717) is 0 Å². The lowest BCUT2D eigenvalue weighted by molar-refractivity contribution is 0.217. The molecule has 0 amide bonds. The smallest absolute Gasteiger partial charge is 0.127 e. The first-order valence-electron chi connectivity index (χ1n) is 6.70. The fraction of sp³-hybridized carbons (Fsp3) is 0.714. The molecule has 0 spiro atoms. The third-order valence-electron chi connectivity index (χ3n) is 2.64. The van der Waals surface area contributed by atoms with E-state index in [2.05, 4.69) is 51.4 Å². The van der Waals surface area contributed by atoms with Crippen LogP contribution in [0.25, 0.3) is 0 Å². The van der Waals surface area contributed by atoms with Crippen molar-refractivity contribution in [1.82, 2.24) is 0 Å². The van der Waals surface area contributed by atoms with Gasteiger partial charge in [0.15, 0.2) is 0 Å². The van der Waals surface area contributed by atoms with Gasteiger partial charge in [-0.15, -0.1) is 12.6 Å². The highest BCUT2D eigenvalue weighted by Crippen LogP contribution is 2.15. The maximum absolute atomic E-state index is 5.61. The average molecular weight is 400 g/mol. The minimum absolute atomic E-state index is 0.768. The number of rotatable bonds is 11. The third kappa shape index (κ3) is 13.0. The van der Waals surface area contributed by atoms with Gasteiger partial charge in [0, 0.05) is 11.1 Å². The van der Waals surface area contributed by atoms with Crippen molar-refractivity contribution in [3.63, 3.8) is 0 Å². The number of hydrogen-bond donors (Lipinski definition) is 1. The molecule has 0 rings (SSSR count). The molecular formula is C14H24Br2OS. The van der Waals surface area contributed by atoms with E-state index in [-0.39, 0.29) is 0 Å². The van der Waals surface area contributed by atoms with E-state index in [1.165, 1.54) is 44.9 Å². The summed E-state index contributed by atoms with van der Waals surface area (Å²) >= 11 is 10.7. The summed E-state index contributed by atoms with van der Waals surface area (Å²) in [4.78, 5) is 1.77. The van der Waals surface area contributed by atoms with Gasteiger partial charge in [0.25, 0.3) is 0 Å². The lowest BCUT2D eigenvalue weighted by Gasteiger charge is -2.06. The molecule has 0 fully saturated rings. The number of thiol groups is 1. The summed E-state index contributed by atoms with van der Waals surface area (Å²) in [5, 5.41) is 0. The first-order valence-corrected chi connectivity index (χ1v) is 8.85. The molecule has 18 heavy (non-hydrogen) atoms. The van der Waals surface area contributed by atoms with Crippen LogP contribution in [0.2, 0.25) is 0 Å². The van der Waals surface area contributed by atoms with Crippen LogP contribution in [0, 0.1) is 0 Å². The number of unbranched alkanes of at least 4 members (excludes halogenated alkanes) is 7. The van der Waals surface area contributed by atoms with Crippen molar-refractivity contribution < 1.29 is 4.74 Å². The topological polar surface area (TPSA) is 9.23 Å². The van der Waals surface area contributed by atoms with E-state index in [4.69, 9.17) is 4.74 Å². The van der Waals surface area contributed by atoms with Crippen LogP contribution >= 0.6 is 44.5 Å². The molecule has 0 aliphatic rings. The maximum atomic E-state index is 5.61. The summed E-state index contributed by atoms with van der Waals surface area (Å²) in [7, 11) is 0. The molecule has 0 saturated carbocycles. The summed E-state index contributed by atoms with van der Waals surface area (Å²) in [6.45, 7) is 3.03. The Labute approximate surface area is 134 Å². The molecular weight excluding hydrogens is 376 g/mol. The van der Waals surface area contributed by atoms with E-state index < -0.39 is 0 Å². The molecule has 0 atom stereocenters. The Morgan fingerprint density at radius 1 is 1.06 bits per heavy atom. The van der Waals surface area contributed by atoms with Gasteiger partial charge in [-0.05, 0) is 22.4 Å². The second kappa shape index (κ2) is 14.0. The van der Waals surface area contributed by atoms with E-state index in [1.807, 2.05) is 6.08 Å². The van der Waals surface area contributed by atoms with E-state index in [1.54, 1.807) is 4.99 Å². The Morgan fingerprint density at radius 3 is 2.11 bits per heavy atom. The molecule has 0 radical (unpaired) electrons. The lowest BCUT2D eigenvalue weighted by atomic mass is 10.1. The molecule has 0 aromatic heterocycles. The van der Waals surface area contributed by atoms with E-state index >= 15 is 0 Å². The van der Waals surface area contributed by atoms with Gasteiger partial charge >= 0.3 is 0 Å². The number of ether oxygens (including phenoxy) is 1. The van der Waals surface area contributed by atoms with Gasteiger partial charge in [0.1, 0.15) is 5.76 Å². The second-order valence-corrected chi connectivity index (χ2v) is 6.71. The number of allylic oxidation sites excluding steroid dienone is 1. The van der Waals surface area contributed by atoms with Crippen LogP contribution in [0.1, 0.15) is 58.3 Å². The van der Waals surface area contributed by atoms with Crippen molar-refractivity contribution in [1.29, 1.82) is 0 Å². The van der Waals surface area contributed by atoms with Crippen LogP contribution in [0.5, 0.6) is 0 Å². The van der Waals surface area contributed by atoms with Gasteiger partial charge in [-0.25, -0.2) is 0 Å². The van der Waals surface area contributed by atoms with Crippen molar-refractivity contribution in [2.45, 2.75) is 58.3 Å². The zero-order chi connectivity index (χ0) is 13.6. The Balaban J connectivity index is 3.37. The summed E-state index contributed by atoms with van der Waals surface area (Å²) in [6, 6.07) is 0. The minimum Gasteiger partial charge on any atom is -0.493 e. The zero-order valence-corrected chi connectivity index (χ0v) is 15.2. The highest BCUT2D eigenvalue weighted by Gasteiger charge is 1.95. The van der Waals surface area contributed by atoms with Gasteiger partial charge in [0.2, 0.25) is 0 Å². The van der Waals surface area contributed by atoms with Crippen molar-refractivity contribution in [2.75, 3.05) is 6.61 Å². The maximum Gasteiger partial charge on any atom is 0.127 e. The van der Waals surface area contributed by atoms with Crippen molar-refractivity contribution in [3.05, 3.63) is 20.6 Å². The van der Waals surface area contributed by atoms with Crippen molar-refractivity contribution >= 4 is 44.5 Å². The number of halogens is 2. The summed E-state index contributed by atoms with van der Waals surface area (Å²) in [5.74, 6) is 0.805. The predicted molar refractivity (Wildman–Crippen MR) is 91.6 cm³/mol. The molecule has 0 aliphatic heterocycles. The fourth-order valence-electron chi connectivity index (χ4n) is 1.65. The Kier molecular flexibility index (Phi) is 14.5. The molecule has 0 N–H and O–H groups in total. The Bertz CT molecular complexity index is 248. The van der Waals surface area contributed by atoms with Gasteiger partial charge in [-0.2, -0.15) is 0 Å². The van der Waals surface area contributed by atoms with Gasteiger partial charge < -0.3 is 4.74 Å². The molecule has 1 nitrogen and oxygen atoms in total. The SMILES string of the molecule is CCCCCCCCCCOC(=C\Br)/C=C(\S)Br. The zero-order valence-electron chi connectivity index (χ0n) is 11.1. The molecule has 0 heterocycles. The number of hydrogen-bond acceptors (Lipinski definition) is 2. The minimum atomic E-state index is 0.768. The molecule has 0 bridgehead atoms. The highest BCUT2D eigenvalue weighted by molar-refractivity contribution is 9.13. The van der Waals surface area contributed by atoms with Crippen LogP contribution in [0.3, 0.4) is 0 Å². The van der Waals surface area contributed by atoms with Crippen LogP contribution in [0.15, 0.2) is 20.6 Å². The van der Waals surface area contributed by atoms with Crippen molar-refractivity contribution in [3.8, 4) is 0 Å². The summed E-state index contributed by atoms with van der Waals surface area (Å²) < 4.78 is 6.37. The Hall–Kier alpha value is 0.590. The van der Waals surface area contributed by atoms with E-state index in [9.17, 15) is 0 Å². The molecule has 0 unspecified atom stereocenters. The standard InChI is InChI=1S/C14H24Br2OS/c1-2-3-4-5-6-7-8-9-10-17-13(12-15)11-14(16)18/h11-12,18H,2-10H2,1H3/b13-12-,14-11-. The second-order valence-electron chi connectivity index (χ2n) is 4.30. The predicted octanol–water partition coefficient (Wildman–Crippen LogP) is 6.55. The van der Waals surface area contributed by atoms with Crippen LogP contribution in [0.4, 0.5) is 0 Å². The fourth-order valence-corrected chi connectivity index (χ4v) is 2.27. The molecule has 0 saturated heterocycles. The summed E-state index contributed by atoms with van der Waals surface area (Å²) in [6.07, 6.45) is 12.4. The quantitative estimate of drug-likeness (QED) is 0.179. The molecule has 0 aromatic rings. The Morgan fingerprint density at radius 2 is 1.61 bits per heavy atom. The van der Waals surface area contributed by atoms with Crippen LogP contribution in [-0.2, 0) is 4.74 Å². The average Bonchev–Trinajstić information content (AvgIpc) is 2.35. The highest BCUT2D eigenvalue weighted by atomic mass is 79.9. The lowest BCUT2D eigenvalue weighted by Crippen LogP contribution is -1.93. The van der Waals surface area contributed by atoms with Crippen LogP contribution < -0.4 is 0 Å². The monoisotopic (exact) mass is 398 g/mol. The third-order valence-corrected chi connectivity index (χ3v) is 3.44. The largest absolute Gasteiger partial charge is 0.493 e. The van der Waals surface area contributed by atoms with Crippen LogP contribution in [-0.4, -0.2) is 6.61 Å². The van der Waals surface area contributed by atoms with E-state index in [0.717, 1.165) is 22.6 Å². The van der Waals surface area contributed by atoms with Gasteiger partial charge in [-0.1, -0.05) is 67.8 Å². The van der Waals surface area contributed by atoms with Crippen molar-refractivity contribution in [2.24, 2.45) is 0 Å².